The van der Waals surface area contributed by atoms with E-state index in [0.29, 0.717) is 0 Å². The molecule has 0 bridgehead atoms. The Morgan fingerprint density at radius 2 is 1.44 bits per heavy atom. The molecule has 2 aromatic carbocycles. The van der Waals surface area contributed by atoms with Crippen LogP contribution in [0.5, 0.6) is 0 Å². The maximum atomic E-state index is 4.09. The average Bonchev–Trinajstić information content (AvgIpc) is 2.28. The van der Waals surface area contributed by atoms with Crippen molar-refractivity contribution in [3.8, 4) is 11.1 Å². The Morgan fingerprint density at radius 3 is 2.06 bits per heavy atom. The van der Waals surface area contributed by atoms with Crippen molar-refractivity contribution in [3.05, 3.63) is 65.2 Å². The van der Waals surface area contributed by atoms with Crippen LogP contribution in [-0.4, -0.2) is 0 Å². The SMILES string of the molecule is C=C(C)c1ccc(C)cc1-c1ccc(C)cc1C. The van der Waals surface area contributed by atoms with Crippen molar-refractivity contribution in [2.45, 2.75) is 27.7 Å². The molecule has 0 nitrogen and oxygen atoms in total. The van der Waals surface area contributed by atoms with Crippen molar-refractivity contribution in [1.82, 2.24) is 0 Å². The second-order valence-corrected chi connectivity index (χ2v) is 5.15. The Bertz CT molecular complexity index is 603. The van der Waals surface area contributed by atoms with Gasteiger partial charge in [0.1, 0.15) is 0 Å². The van der Waals surface area contributed by atoms with E-state index in [1.807, 2.05) is 0 Å². The van der Waals surface area contributed by atoms with E-state index in [-0.39, 0.29) is 0 Å². The highest BCUT2D eigenvalue weighted by atomic mass is 14.1. The van der Waals surface area contributed by atoms with Gasteiger partial charge < -0.3 is 0 Å². The predicted molar refractivity (Wildman–Crippen MR) is 80.8 cm³/mol. The van der Waals surface area contributed by atoms with Gasteiger partial charge in [0.2, 0.25) is 0 Å². The number of aryl methyl sites for hydroxylation is 3. The van der Waals surface area contributed by atoms with Crippen LogP contribution in [0.4, 0.5) is 0 Å². The van der Waals surface area contributed by atoms with Crippen LogP contribution in [-0.2, 0) is 0 Å². The predicted octanol–water partition coefficient (Wildman–Crippen LogP) is 5.31. The van der Waals surface area contributed by atoms with Gasteiger partial charge in [0.15, 0.2) is 0 Å². The number of hydrogen-bond acceptors (Lipinski definition) is 0. The smallest absolute Gasteiger partial charge is 0.0104 e. The van der Waals surface area contributed by atoms with E-state index in [4.69, 9.17) is 0 Å². The Morgan fingerprint density at radius 1 is 0.833 bits per heavy atom. The summed E-state index contributed by atoms with van der Waals surface area (Å²) in [5, 5.41) is 0. The summed E-state index contributed by atoms with van der Waals surface area (Å²) in [6.07, 6.45) is 0. The van der Waals surface area contributed by atoms with Gasteiger partial charge in [-0.1, -0.05) is 59.7 Å². The van der Waals surface area contributed by atoms with Gasteiger partial charge in [-0.2, -0.15) is 0 Å². The molecule has 2 rings (SSSR count). The fourth-order valence-electron chi connectivity index (χ4n) is 2.37. The first-order valence-corrected chi connectivity index (χ1v) is 6.33. The van der Waals surface area contributed by atoms with Crippen molar-refractivity contribution in [1.29, 1.82) is 0 Å². The first kappa shape index (κ1) is 12.6. The van der Waals surface area contributed by atoms with Crippen LogP contribution < -0.4 is 0 Å². The Hall–Kier alpha value is -1.82. The fraction of sp³-hybridized carbons (Fsp3) is 0.222. The van der Waals surface area contributed by atoms with Crippen molar-refractivity contribution in [2.24, 2.45) is 0 Å². The molecule has 0 heterocycles. The molecule has 0 spiro atoms. The zero-order valence-corrected chi connectivity index (χ0v) is 11.7. The molecule has 92 valence electrons. The molecule has 18 heavy (non-hydrogen) atoms. The van der Waals surface area contributed by atoms with Crippen molar-refractivity contribution < 1.29 is 0 Å². The molecule has 0 saturated carbocycles. The lowest BCUT2D eigenvalue weighted by Crippen LogP contribution is -1.91. The van der Waals surface area contributed by atoms with Gasteiger partial charge in [-0.15, -0.1) is 0 Å². The molecule has 0 aliphatic carbocycles. The van der Waals surface area contributed by atoms with Gasteiger partial charge in [-0.3, -0.25) is 0 Å². The molecule has 0 aliphatic heterocycles. The van der Waals surface area contributed by atoms with Crippen LogP contribution in [0.1, 0.15) is 29.2 Å². The van der Waals surface area contributed by atoms with Gasteiger partial charge >= 0.3 is 0 Å². The van der Waals surface area contributed by atoms with Crippen molar-refractivity contribution >= 4 is 5.57 Å². The topological polar surface area (TPSA) is 0 Å². The summed E-state index contributed by atoms with van der Waals surface area (Å²) < 4.78 is 0. The highest BCUT2D eigenvalue weighted by Gasteiger charge is 2.08. The van der Waals surface area contributed by atoms with E-state index in [0.717, 1.165) is 5.57 Å². The maximum absolute atomic E-state index is 4.09. The first-order valence-electron chi connectivity index (χ1n) is 6.33. The number of hydrogen-bond donors (Lipinski definition) is 0. The Labute approximate surface area is 110 Å². The third kappa shape index (κ3) is 2.38. The summed E-state index contributed by atoms with van der Waals surface area (Å²) in [5.41, 5.74) is 8.87. The highest BCUT2D eigenvalue weighted by Crippen LogP contribution is 2.31. The molecule has 0 fully saturated rings. The molecular weight excluding hydrogens is 216 g/mol. The van der Waals surface area contributed by atoms with Crippen LogP contribution >= 0.6 is 0 Å². The normalized spacial score (nSPS) is 10.4. The lowest BCUT2D eigenvalue weighted by molar-refractivity contribution is 1.36. The van der Waals surface area contributed by atoms with Crippen molar-refractivity contribution in [3.63, 3.8) is 0 Å². The molecule has 0 heteroatoms. The maximum Gasteiger partial charge on any atom is -0.0104 e. The summed E-state index contributed by atoms with van der Waals surface area (Å²) in [6.45, 7) is 12.6. The summed E-state index contributed by atoms with van der Waals surface area (Å²) in [7, 11) is 0. The largest absolute Gasteiger partial charge is 0.0955 e. The summed E-state index contributed by atoms with van der Waals surface area (Å²) in [6, 6.07) is 13.2. The standard InChI is InChI=1S/C18H20/c1-12(2)16-8-6-14(4)11-18(16)17-9-7-13(3)10-15(17)5/h6-11H,1H2,2-5H3. The minimum Gasteiger partial charge on any atom is -0.0955 e. The molecule has 0 amide bonds. The number of benzene rings is 2. The van der Waals surface area contributed by atoms with E-state index in [1.165, 1.54) is 33.4 Å². The lowest BCUT2D eigenvalue weighted by Gasteiger charge is -2.13. The monoisotopic (exact) mass is 236 g/mol. The number of rotatable bonds is 2. The third-order valence-corrected chi connectivity index (χ3v) is 3.31. The Balaban J connectivity index is 2.69. The Kier molecular flexibility index (Phi) is 3.38. The molecule has 2 aromatic rings. The molecule has 0 radical (unpaired) electrons. The summed E-state index contributed by atoms with van der Waals surface area (Å²) in [4.78, 5) is 0. The molecule has 0 saturated heterocycles. The molecule has 0 unspecified atom stereocenters. The van der Waals surface area contributed by atoms with Gasteiger partial charge in [-0.05, 0) is 49.9 Å². The van der Waals surface area contributed by atoms with Gasteiger partial charge in [0, 0.05) is 0 Å². The molecular formula is C18H20. The lowest BCUT2D eigenvalue weighted by atomic mass is 9.91. The minimum atomic E-state index is 1.12. The van der Waals surface area contributed by atoms with Crippen LogP contribution in [0.25, 0.3) is 16.7 Å². The highest BCUT2D eigenvalue weighted by molar-refractivity contribution is 5.81. The second kappa shape index (κ2) is 4.81. The van der Waals surface area contributed by atoms with E-state index in [2.05, 4.69) is 70.7 Å². The quantitative estimate of drug-likeness (QED) is 0.662. The minimum absolute atomic E-state index is 1.12. The van der Waals surface area contributed by atoms with Gasteiger partial charge in [0.25, 0.3) is 0 Å². The molecule has 0 N–H and O–H groups in total. The second-order valence-electron chi connectivity index (χ2n) is 5.15. The van der Waals surface area contributed by atoms with E-state index >= 15 is 0 Å². The fourth-order valence-corrected chi connectivity index (χ4v) is 2.37. The first-order chi connectivity index (χ1) is 8.49. The average molecular weight is 236 g/mol. The van der Waals surface area contributed by atoms with Gasteiger partial charge in [0.05, 0.1) is 0 Å². The van der Waals surface area contributed by atoms with Crippen LogP contribution in [0.3, 0.4) is 0 Å². The van der Waals surface area contributed by atoms with Crippen LogP contribution in [0.15, 0.2) is 43.0 Å². The van der Waals surface area contributed by atoms with Crippen LogP contribution in [0, 0.1) is 20.8 Å². The van der Waals surface area contributed by atoms with Crippen molar-refractivity contribution in [2.75, 3.05) is 0 Å². The zero-order valence-electron chi connectivity index (χ0n) is 11.7. The summed E-state index contributed by atoms with van der Waals surface area (Å²) >= 11 is 0. The van der Waals surface area contributed by atoms with Gasteiger partial charge in [-0.25, -0.2) is 0 Å². The van der Waals surface area contributed by atoms with E-state index in [1.54, 1.807) is 0 Å². The van der Waals surface area contributed by atoms with Crippen LogP contribution in [0.2, 0.25) is 0 Å². The zero-order chi connectivity index (χ0) is 13.3. The number of allylic oxidation sites excluding steroid dienone is 1. The van der Waals surface area contributed by atoms with E-state index < -0.39 is 0 Å². The summed E-state index contributed by atoms with van der Waals surface area (Å²) in [5.74, 6) is 0. The third-order valence-electron chi connectivity index (χ3n) is 3.31. The molecule has 0 atom stereocenters. The van der Waals surface area contributed by atoms with E-state index in [9.17, 15) is 0 Å². The molecule has 0 aliphatic rings. The molecule has 0 aromatic heterocycles.